The molecule has 3 aliphatic rings. The van der Waals surface area contributed by atoms with E-state index >= 15 is 38.4 Å². The fourth-order valence-electron chi connectivity index (χ4n) is 17.0. The maximum atomic E-state index is 15.9. The van der Waals surface area contributed by atoms with Crippen LogP contribution >= 0.6 is 11.8 Å². The number of nitrogens with one attached hydrogen (secondary N) is 12. The molecule has 0 spiro atoms. The lowest BCUT2D eigenvalue weighted by Crippen LogP contribution is -2.62. The van der Waals surface area contributed by atoms with Gasteiger partial charge in [-0.3, -0.25) is 91.1 Å². The summed E-state index contributed by atoms with van der Waals surface area (Å²) >= 11 is 0.768. The number of nitrogens with two attached hydrogens (primary N) is 3. The minimum absolute atomic E-state index is 0.0253. The van der Waals surface area contributed by atoms with Crippen molar-refractivity contribution in [3.63, 3.8) is 0 Å². The molecule has 0 unspecified atom stereocenters. The number of aliphatic hydroxyl groups is 2. The number of hydrogen-bond donors (Lipinski definition) is 19. The molecule has 22 N–H and O–H groups in total. The van der Waals surface area contributed by atoms with Crippen molar-refractivity contribution in [2.24, 2.45) is 23.1 Å². The monoisotopic (exact) mass is 1940 g/mol. The Morgan fingerprint density at radius 1 is 0.565 bits per heavy atom. The second kappa shape index (κ2) is 50.7. The second-order valence-corrected chi connectivity index (χ2v) is 36.4. The molecule has 0 radical (unpaired) electrons. The number of aromatic amines is 2. The van der Waals surface area contributed by atoms with E-state index in [0.717, 1.165) is 36.3 Å². The molecule has 6 heterocycles. The predicted molar refractivity (Wildman–Crippen MR) is 500 cm³/mol. The molecule has 3 saturated heterocycles. The summed E-state index contributed by atoms with van der Waals surface area (Å²) in [4.78, 5) is 291. The summed E-state index contributed by atoms with van der Waals surface area (Å²) in [5.41, 5.74) is 19.1. The molecule has 3 fully saturated rings. The molecule has 0 aliphatic carbocycles. The number of imidazole rings is 1. The Labute approximate surface area is 799 Å². The lowest BCUT2D eigenvalue weighted by atomic mass is 9.99. The Bertz CT molecular complexity index is 5400. The molecule has 0 bridgehead atoms. The number of aliphatic hydroxyl groups excluding tert-OH is 2. The van der Waals surface area contributed by atoms with Crippen molar-refractivity contribution in [3.8, 4) is 5.75 Å². The quantitative estimate of drug-likeness (QED) is 0.0239. The van der Waals surface area contributed by atoms with Crippen molar-refractivity contribution >= 4 is 146 Å². The number of aromatic nitrogens is 4. The molecule has 3 aromatic carbocycles. The average molecular weight is 1940 g/mol. The first-order chi connectivity index (χ1) is 65.6. The molecule has 3 aromatic heterocycles. The van der Waals surface area contributed by atoms with E-state index in [2.05, 4.69) is 68.1 Å². The number of likely N-dealkylation sites (N-methyl/N-ethyl adjacent to an activating group) is 3. The number of para-hydroxylation sites is 2. The highest BCUT2D eigenvalue weighted by Crippen LogP contribution is 2.29. The number of fused-ring (bicyclic) bond motifs is 4. The average Bonchev–Trinajstić information content (AvgIpc) is 1.63. The number of carbonyl (C=O) groups excluding carboxylic acids is 18. The number of nitrogens with zero attached hydrogens (tertiary/aromatic N) is 7. The zero-order valence-electron chi connectivity index (χ0n) is 78.3. The first kappa shape index (κ1) is 108. The van der Waals surface area contributed by atoms with Gasteiger partial charge in [0.15, 0.2) is 0 Å². The zero-order valence-corrected chi connectivity index (χ0v) is 79.1. The van der Waals surface area contributed by atoms with Gasteiger partial charge in [-0.1, -0.05) is 102 Å². The van der Waals surface area contributed by atoms with E-state index in [1.807, 2.05) is 13.8 Å². The fraction of sp³-hybridized carbons (Fsp3) is 0.522. The SMILES string of the molecule is CCCC[C@H]1C(=O)N(C)[C@@H](CCCC)C(=O)N[C@@H](CC(C)C)C(=O)N[C@H](C(=O)NCC(N)=O)CSCC(=O)N[C@@H](Cc2ccc(O)cc2)C(=O)N(C)[C@@H](C)C(=O)N[C@@H](CC(N)=O)C(=O)N2CCC[C@H]2C(=O)N[C@@H](Cc2cnc[nH]2)C(=O)N[C@@H](CCC(N)=O)C(=O)N2C[C@H](O)C[C@H]2C(=O)N[C@@H](Cc2c[nH]c3ccccc23)C(=O)N[C@@H](CO)C(=O)N[C@@H](Cc2cn(CC(=O)O)c3ccccc23)C(=O)N1C. The van der Waals surface area contributed by atoms with E-state index in [4.69, 9.17) is 17.2 Å². The Kier molecular flexibility index (Phi) is 39.5. The first-order valence-electron chi connectivity index (χ1n) is 45.8. The number of carboxylic acids is 1. The number of amides is 18. The van der Waals surface area contributed by atoms with Crippen LogP contribution in [0.2, 0.25) is 0 Å². The standard InChI is InChI=1S/C92H126N22O23S/c1-9-11-21-70-85(130)102-61(32-49(3)4)81(126)108-68(80(125)98-41-76(95)120)46-138-47-77(121)100-64(33-51-25-27-55(116)28-26-51)88(133)109(6)50(5)79(124)105-66(38-75(94)119)91(136)113-31-17-24-71(113)86(131)104-63(36-54-40-96-48-99-54)83(128)101-60(29-30-74(93)118)90(135)114-43-56(117)37-73(114)87(132)103-62(34-52-39-97-59-20-15-13-18-57(52)59)82(127)107-67(45-115)84(129)106-65(89(134)111(8)72(22-12-10-2)92(137)110(70)7)35-53-42-112(44-78(122)123)69-23-16-14-19-58(53)69/h13-16,18-20,23,25-28,39-40,42,48-50,56,60-68,70-73,97,115-117H,9-12,17,21-22,24,29-38,41,43-47H2,1-8H3,(H2,93,118)(H2,94,119)(H2,95,120)(H,96,99)(H,98,125)(H,100,121)(H,101,128)(H,102,130)(H,103,132)(H,104,131)(H,105,124)(H,106,129)(H,107,127)(H,108,126)(H,122,123)/t50-,56+,60-,61-,62-,63-,64-,65-,66-,67-,68-,70-,71-,72-,73-/m0/s1. The molecule has 15 atom stereocenters. The van der Waals surface area contributed by atoms with Crippen LogP contribution in [0.15, 0.2) is 97.7 Å². The maximum absolute atomic E-state index is 15.9. The van der Waals surface area contributed by atoms with Crippen LogP contribution in [0.3, 0.4) is 0 Å². The zero-order chi connectivity index (χ0) is 101. The Morgan fingerprint density at radius 3 is 1.78 bits per heavy atom. The Hall–Kier alpha value is -14.1. The molecule has 45 nitrogen and oxygen atoms in total. The Morgan fingerprint density at radius 2 is 1.14 bits per heavy atom. The van der Waals surface area contributed by atoms with Gasteiger partial charge in [-0.25, -0.2) is 4.98 Å². The molecule has 46 heteroatoms. The van der Waals surface area contributed by atoms with Gasteiger partial charge >= 0.3 is 5.97 Å². The van der Waals surface area contributed by atoms with E-state index in [9.17, 15) is 73.2 Å². The van der Waals surface area contributed by atoms with Crippen molar-refractivity contribution in [3.05, 3.63) is 120 Å². The van der Waals surface area contributed by atoms with E-state index < -0.39 is 279 Å². The van der Waals surface area contributed by atoms with Gasteiger partial charge in [-0.15, -0.1) is 11.8 Å². The fourth-order valence-corrected chi connectivity index (χ4v) is 17.9. The second-order valence-electron chi connectivity index (χ2n) is 35.3. The minimum atomic E-state index is -2.00. The number of unbranched alkanes of at least 4 members (excludes halogenated alkanes) is 2. The van der Waals surface area contributed by atoms with Gasteiger partial charge < -0.3 is 130 Å². The van der Waals surface area contributed by atoms with Crippen LogP contribution in [-0.4, -0.2) is 326 Å². The molecular weight excluding hydrogens is 1810 g/mol. The Balaban J connectivity index is 1.12. The van der Waals surface area contributed by atoms with Crippen molar-refractivity contribution in [2.75, 3.05) is 58.9 Å². The number of phenols is 1. The number of rotatable bonds is 27. The normalized spacial score (nSPS) is 24.5. The van der Waals surface area contributed by atoms with Crippen LogP contribution in [0.25, 0.3) is 21.8 Å². The molecular formula is C92H126N22O23S. The van der Waals surface area contributed by atoms with Gasteiger partial charge in [0, 0.05) is 125 Å². The number of hydrogen-bond acceptors (Lipinski definition) is 24. The largest absolute Gasteiger partial charge is 0.508 e. The number of primary amides is 3. The molecule has 18 amide bonds. The molecule has 3 aliphatic heterocycles. The highest BCUT2D eigenvalue weighted by Gasteiger charge is 2.47. The number of benzene rings is 3. The van der Waals surface area contributed by atoms with Crippen LogP contribution in [-0.2, 0) is 123 Å². The first-order valence-corrected chi connectivity index (χ1v) is 47.0. The smallest absolute Gasteiger partial charge is 0.323 e. The third kappa shape index (κ3) is 29.5. The van der Waals surface area contributed by atoms with Crippen LogP contribution in [0, 0.1) is 5.92 Å². The molecule has 6 aromatic rings. The summed E-state index contributed by atoms with van der Waals surface area (Å²) in [6.07, 6.45) is 1.49. The van der Waals surface area contributed by atoms with E-state index in [-0.39, 0.29) is 75.3 Å². The molecule has 138 heavy (non-hydrogen) atoms. The summed E-state index contributed by atoms with van der Waals surface area (Å²) in [6, 6.07) is -3.99. The summed E-state index contributed by atoms with van der Waals surface area (Å²) in [5.74, 6) is -20.7. The van der Waals surface area contributed by atoms with Gasteiger partial charge in [0.05, 0.1) is 37.8 Å². The minimum Gasteiger partial charge on any atom is -0.508 e. The number of carboxylic acid groups (broad SMARTS) is 1. The van der Waals surface area contributed by atoms with Crippen molar-refractivity contribution in [1.82, 2.24) is 97.2 Å². The van der Waals surface area contributed by atoms with E-state index in [1.54, 1.807) is 68.6 Å². The predicted octanol–water partition coefficient (Wildman–Crippen LogP) is -3.37. The maximum Gasteiger partial charge on any atom is 0.323 e. The molecule has 9 rings (SSSR count). The van der Waals surface area contributed by atoms with Crippen LogP contribution < -0.4 is 70.4 Å². The lowest BCUT2D eigenvalue weighted by molar-refractivity contribution is -0.149. The lowest BCUT2D eigenvalue weighted by Gasteiger charge is -2.36. The number of aromatic hydroxyl groups is 1. The third-order valence-electron chi connectivity index (χ3n) is 24.5. The molecule has 0 saturated carbocycles. The van der Waals surface area contributed by atoms with Gasteiger partial charge in [-0.05, 0) is 92.3 Å². The highest BCUT2D eigenvalue weighted by atomic mass is 32.2. The molecule has 748 valence electrons. The summed E-state index contributed by atoms with van der Waals surface area (Å²) in [6.45, 7) is 5.13. The van der Waals surface area contributed by atoms with Crippen LogP contribution in [0.4, 0.5) is 0 Å². The van der Waals surface area contributed by atoms with Crippen molar-refractivity contribution < 1.29 is 112 Å². The summed E-state index contributed by atoms with van der Waals surface area (Å²) in [5, 5.41) is 70.1. The topological polar surface area (TPSA) is 669 Å². The third-order valence-corrected chi connectivity index (χ3v) is 25.6. The van der Waals surface area contributed by atoms with Crippen molar-refractivity contribution in [1.29, 1.82) is 0 Å². The van der Waals surface area contributed by atoms with Crippen LogP contribution in [0.5, 0.6) is 5.75 Å². The van der Waals surface area contributed by atoms with Gasteiger partial charge in [0.2, 0.25) is 106 Å². The summed E-state index contributed by atoms with van der Waals surface area (Å²) < 4.78 is 1.40. The van der Waals surface area contributed by atoms with E-state index in [0.29, 0.717) is 57.8 Å². The van der Waals surface area contributed by atoms with Gasteiger partial charge in [0.25, 0.3) is 0 Å². The number of H-pyrrole nitrogens is 2. The number of aliphatic carboxylic acids is 1. The number of phenolic OH excluding ortho intramolecular Hbond substituents is 1. The van der Waals surface area contributed by atoms with Gasteiger partial charge in [-0.2, -0.15) is 0 Å². The van der Waals surface area contributed by atoms with Gasteiger partial charge in [0.1, 0.15) is 96.9 Å². The highest BCUT2D eigenvalue weighted by molar-refractivity contribution is 8.00. The van der Waals surface area contributed by atoms with Crippen molar-refractivity contribution in [2.45, 2.75) is 241 Å². The van der Waals surface area contributed by atoms with E-state index in [1.165, 1.54) is 75.6 Å². The summed E-state index contributed by atoms with van der Waals surface area (Å²) in [7, 11) is 3.82. The number of carbonyl (C=O) groups is 19. The van der Waals surface area contributed by atoms with Crippen LogP contribution in [0.1, 0.15) is 140 Å². The number of thioether (sulfide) groups is 1.